The third-order valence-corrected chi connectivity index (χ3v) is 5.70. The minimum Gasteiger partial charge on any atom is -0.503 e. The van der Waals surface area contributed by atoms with Crippen molar-refractivity contribution in [3.63, 3.8) is 0 Å². The van der Waals surface area contributed by atoms with Crippen LogP contribution >= 0.6 is 31.9 Å². The highest BCUT2D eigenvalue weighted by Crippen LogP contribution is 2.34. The lowest BCUT2D eigenvalue weighted by Crippen LogP contribution is -2.39. The number of ether oxygens (including phenoxy) is 1. The number of nitrogens with zero attached hydrogens (tertiary/aromatic N) is 2. The molecule has 0 heterocycles. The number of rotatable bonds is 7. The normalized spacial score (nSPS) is 11.4. The Morgan fingerprint density at radius 1 is 1.32 bits per heavy atom. The zero-order valence-electron chi connectivity index (χ0n) is 14.9. The standard InChI is InChI=1S/C17H17Br2N3O5S/c1-27-15-7-11(6-14(19)17(15)24)9-20-21-16(23)10-22(28(2,25)26)13-5-3-4-12(18)8-13/h3-9,24H,10H2,1-2H3,(H,21,23)/b20-9-. The van der Waals surface area contributed by atoms with Crippen molar-refractivity contribution in [2.24, 2.45) is 5.10 Å². The first-order valence-electron chi connectivity index (χ1n) is 7.73. The number of amides is 1. The first kappa shape index (κ1) is 22.2. The van der Waals surface area contributed by atoms with Crippen molar-refractivity contribution >= 4 is 59.7 Å². The average molecular weight is 535 g/mol. The van der Waals surface area contributed by atoms with E-state index >= 15 is 0 Å². The molecule has 0 aliphatic rings. The molecule has 2 aromatic rings. The fourth-order valence-electron chi connectivity index (χ4n) is 2.20. The molecule has 0 aromatic heterocycles. The van der Waals surface area contributed by atoms with Crippen LogP contribution in [0.3, 0.4) is 0 Å². The van der Waals surface area contributed by atoms with Crippen molar-refractivity contribution in [2.45, 2.75) is 0 Å². The van der Waals surface area contributed by atoms with E-state index in [1.165, 1.54) is 19.4 Å². The molecule has 0 bridgehead atoms. The molecule has 150 valence electrons. The fourth-order valence-corrected chi connectivity index (χ4v) is 3.89. The number of anilines is 1. The number of hydrazone groups is 1. The molecule has 2 N–H and O–H groups in total. The van der Waals surface area contributed by atoms with Gasteiger partial charge in [0.2, 0.25) is 10.0 Å². The van der Waals surface area contributed by atoms with Gasteiger partial charge in [-0.15, -0.1) is 0 Å². The van der Waals surface area contributed by atoms with Gasteiger partial charge in [-0.2, -0.15) is 5.10 Å². The van der Waals surface area contributed by atoms with Crippen molar-refractivity contribution in [3.8, 4) is 11.5 Å². The van der Waals surface area contributed by atoms with Crippen LogP contribution in [0.15, 0.2) is 50.4 Å². The maximum absolute atomic E-state index is 12.2. The van der Waals surface area contributed by atoms with Crippen molar-refractivity contribution in [3.05, 3.63) is 50.9 Å². The third kappa shape index (κ3) is 5.94. The summed E-state index contributed by atoms with van der Waals surface area (Å²) in [5.74, 6) is -0.437. The fraction of sp³-hybridized carbons (Fsp3) is 0.176. The highest BCUT2D eigenvalue weighted by Gasteiger charge is 2.20. The summed E-state index contributed by atoms with van der Waals surface area (Å²) in [6, 6.07) is 9.71. The van der Waals surface area contributed by atoms with Crippen LogP contribution in [-0.4, -0.2) is 45.6 Å². The van der Waals surface area contributed by atoms with Gasteiger partial charge in [0, 0.05) is 4.47 Å². The number of phenols is 1. The van der Waals surface area contributed by atoms with Crippen molar-refractivity contribution < 1.29 is 23.1 Å². The highest BCUT2D eigenvalue weighted by atomic mass is 79.9. The lowest BCUT2D eigenvalue weighted by Gasteiger charge is -2.21. The second-order valence-electron chi connectivity index (χ2n) is 5.60. The van der Waals surface area contributed by atoms with Crippen LogP contribution in [0.2, 0.25) is 0 Å². The van der Waals surface area contributed by atoms with E-state index in [-0.39, 0.29) is 11.5 Å². The van der Waals surface area contributed by atoms with E-state index in [0.717, 1.165) is 10.6 Å². The van der Waals surface area contributed by atoms with E-state index in [0.29, 0.717) is 20.2 Å². The molecule has 0 spiro atoms. The van der Waals surface area contributed by atoms with Crippen LogP contribution in [0.1, 0.15) is 5.56 Å². The summed E-state index contributed by atoms with van der Waals surface area (Å²) in [4.78, 5) is 12.2. The molecule has 1 amide bonds. The van der Waals surface area contributed by atoms with Crippen molar-refractivity contribution in [1.82, 2.24) is 5.43 Å². The topological polar surface area (TPSA) is 108 Å². The number of carbonyl (C=O) groups is 1. The minimum atomic E-state index is -3.68. The van der Waals surface area contributed by atoms with Gasteiger partial charge in [0.1, 0.15) is 6.54 Å². The molecule has 0 aliphatic heterocycles. The molecule has 8 nitrogen and oxygen atoms in total. The molecule has 2 aromatic carbocycles. The zero-order valence-corrected chi connectivity index (χ0v) is 18.9. The number of methoxy groups -OCH3 is 1. The Morgan fingerprint density at radius 2 is 2.04 bits per heavy atom. The lowest BCUT2D eigenvalue weighted by atomic mass is 10.2. The van der Waals surface area contributed by atoms with Crippen molar-refractivity contribution in [2.75, 3.05) is 24.2 Å². The first-order chi connectivity index (χ1) is 13.1. The van der Waals surface area contributed by atoms with E-state index in [9.17, 15) is 18.3 Å². The summed E-state index contributed by atoms with van der Waals surface area (Å²) >= 11 is 6.46. The Kier molecular flexibility index (Phi) is 7.44. The highest BCUT2D eigenvalue weighted by molar-refractivity contribution is 9.10. The summed E-state index contributed by atoms with van der Waals surface area (Å²) < 4.78 is 31.2. The van der Waals surface area contributed by atoms with Crippen LogP contribution < -0.4 is 14.5 Å². The van der Waals surface area contributed by atoms with Gasteiger partial charge in [-0.3, -0.25) is 9.10 Å². The van der Waals surface area contributed by atoms with Gasteiger partial charge in [0.15, 0.2) is 11.5 Å². The van der Waals surface area contributed by atoms with Gasteiger partial charge in [-0.05, 0) is 51.8 Å². The Bertz CT molecular complexity index is 1010. The molecule has 0 radical (unpaired) electrons. The number of carbonyl (C=O) groups excluding carboxylic acids is 1. The number of phenolic OH excluding ortho intramolecular Hbond substituents is 1. The largest absolute Gasteiger partial charge is 0.503 e. The number of benzene rings is 2. The van der Waals surface area contributed by atoms with Crippen LogP contribution in [0.4, 0.5) is 5.69 Å². The quantitative estimate of drug-likeness (QED) is 0.419. The summed E-state index contributed by atoms with van der Waals surface area (Å²) in [5, 5.41) is 13.6. The molecular formula is C17H17Br2N3O5S. The first-order valence-corrected chi connectivity index (χ1v) is 11.2. The number of hydrogen-bond acceptors (Lipinski definition) is 6. The Balaban J connectivity index is 2.12. The van der Waals surface area contributed by atoms with Crippen molar-refractivity contribution in [1.29, 1.82) is 0 Å². The second kappa shape index (κ2) is 9.39. The monoisotopic (exact) mass is 533 g/mol. The van der Waals surface area contributed by atoms with Crippen LogP contribution in [0, 0.1) is 0 Å². The van der Waals surface area contributed by atoms with E-state index in [1.54, 1.807) is 30.3 Å². The summed E-state index contributed by atoms with van der Waals surface area (Å²) in [7, 11) is -2.27. The maximum atomic E-state index is 12.2. The van der Waals surface area contributed by atoms with Gasteiger partial charge >= 0.3 is 0 Å². The molecule has 0 saturated carbocycles. The van der Waals surface area contributed by atoms with Gasteiger partial charge in [-0.25, -0.2) is 13.8 Å². The lowest BCUT2D eigenvalue weighted by molar-refractivity contribution is -0.119. The van der Waals surface area contributed by atoms with E-state index in [4.69, 9.17) is 4.74 Å². The summed E-state index contributed by atoms with van der Waals surface area (Å²) in [6.45, 7) is -0.435. The third-order valence-electron chi connectivity index (χ3n) is 3.46. The predicted octanol–water partition coefficient (Wildman–Crippen LogP) is 2.84. The van der Waals surface area contributed by atoms with Crippen LogP contribution in [0.25, 0.3) is 0 Å². The number of sulfonamides is 1. The molecule has 2 rings (SSSR count). The smallest absolute Gasteiger partial charge is 0.260 e. The number of halogens is 2. The molecule has 28 heavy (non-hydrogen) atoms. The number of aromatic hydroxyl groups is 1. The SMILES string of the molecule is COc1cc(/C=N\NC(=O)CN(c2cccc(Br)c2)S(C)(=O)=O)cc(Br)c1O. The molecule has 0 fully saturated rings. The minimum absolute atomic E-state index is 0.0542. The molecule has 0 unspecified atom stereocenters. The molecule has 0 saturated heterocycles. The molecule has 11 heteroatoms. The van der Waals surface area contributed by atoms with Gasteiger partial charge in [0.25, 0.3) is 5.91 Å². The van der Waals surface area contributed by atoms with E-state index in [2.05, 4.69) is 42.4 Å². The van der Waals surface area contributed by atoms with E-state index < -0.39 is 22.5 Å². The Morgan fingerprint density at radius 3 is 2.64 bits per heavy atom. The molecule has 0 aliphatic carbocycles. The van der Waals surface area contributed by atoms with Crippen LogP contribution in [-0.2, 0) is 14.8 Å². The average Bonchev–Trinajstić information content (AvgIpc) is 2.61. The van der Waals surface area contributed by atoms with Gasteiger partial charge < -0.3 is 9.84 Å². The summed E-state index contributed by atoms with van der Waals surface area (Å²) in [5.41, 5.74) is 3.18. The number of nitrogens with one attached hydrogen (secondary N) is 1. The zero-order chi connectivity index (χ0) is 20.9. The molecular weight excluding hydrogens is 518 g/mol. The molecule has 0 atom stereocenters. The van der Waals surface area contributed by atoms with Gasteiger partial charge in [0.05, 0.1) is 29.7 Å². The maximum Gasteiger partial charge on any atom is 0.260 e. The second-order valence-corrected chi connectivity index (χ2v) is 9.27. The predicted molar refractivity (Wildman–Crippen MR) is 114 cm³/mol. The Labute approximate surface area is 179 Å². The van der Waals surface area contributed by atoms with E-state index in [1.807, 2.05) is 0 Å². The number of hydrogen-bond donors (Lipinski definition) is 2. The van der Waals surface area contributed by atoms with Gasteiger partial charge in [-0.1, -0.05) is 22.0 Å². The van der Waals surface area contributed by atoms with Crippen LogP contribution in [0.5, 0.6) is 11.5 Å². The Hall–Kier alpha value is -2.11. The summed E-state index contributed by atoms with van der Waals surface area (Å²) in [6.07, 6.45) is 2.36.